The maximum absolute atomic E-state index is 12.2. The van der Waals surface area contributed by atoms with Crippen molar-refractivity contribution in [2.24, 2.45) is 0 Å². The fourth-order valence-electron chi connectivity index (χ4n) is 2.37. The van der Waals surface area contributed by atoms with Gasteiger partial charge in [-0.1, -0.05) is 11.3 Å². The number of rotatable bonds is 8. The molecule has 0 saturated heterocycles. The molecule has 0 fully saturated rings. The molecular weight excluding hydrogens is 326 g/mol. The van der Waals surface area contributed by atoms with E-state index in [1.165, 1.54) is 15.8 Å². The summed E-state index contributed by atoms with van der Waals surface area (Å²) in [5, 5.41) is 12.7. The highest BCUT2D eigenvalue weighted by molar-refractivity contribution is 7.09. The first-order valence-electron chi connectivity index (χ1n) is 8.04. The average Bonchev–Trinajstić information content (AvgIpc) is 3.20. The van der Waals surface area contributed by atoms with Crippen molar-refractivity contribution >= 4 is 23.2 Å². The van der Waals surface area contributed by atoms with Gasteiger partial charge in [-0.15, -0.1) is 16.4 Å². The Morgan fingerprint density at radius 1 is 1.38 bits per heavy atom. The molecule has 0 radical (unpaired) electrons. The summed E-state index contributed by atoms with van der Waals surface area (Å²) in [6, 6.07) is 4.04. The SMILES string of the molecule is CCN(CC)C(=O)Cn1cc(C(=O)N[C@@H](C)Cc2cccs2)nn1. The van der Waals surface area contributed by atoms with Crippen LogP contribution in [-0.4, -0.2) is 50.8 Å². The first-order valence-corrected chi connectivity index (χ1v) is 8.92. The maximum atomic E-state index is 12.2. The molecule has 130 valence electrons. The number of hydrogen-bond acceptors (Lipinski definition) is 5. The van der Waals surface area contributed by atoms with Gasteiger partial charge < -0.3 is 10.2 Å². The summed E-state index contributed by atoms with van der Waals surface area (Å²) < 4.78 is 1.40. The third-order valence-electron chi connectivity index (χ3n) is 3.65. The molecular formula is C16H23N5O2S. The topological polar surface area (TPSA) is 80.1 Å². The summed E-state index contributed by atoms with van der Waals surface area (Å²) >= 11 is 1.67. The van der Waals surface area contributed by atoms with Crippen molar-refractivity contribution in [3.8, 4) is 0 Å². The van der Waals surface area contributed by atoms with E-state index in [0.29, 0.717) is 13.1 Å². The van der Waals surface area contributed by atoms with E-state index in [-0.39, 0.29) is 30.1 Å². The lowest BCUT2D eigenvalue weighted by atomic mass is 10.2. The van der Waals surface area contributed by atoms with Crippen LogP contribution in [0.5, 0.6) is 0 Å². The lowest BCUT2D eigenvalue weighted by Gasteiger charge is -2.17. The summed E-state index contributed by atoms with van der Waals surface area (Å²) in [4.78, 5) is 27.2. The second-order valence-electron chi connectivity index (χ2n) is 5.53. The third kappa shape index (κ3) is 4.89. The van der Waals surface area contributed by atoms with Crippen molar-refractivity contribution in [1.29, 1.82) is 0 Å². The molecule has 1 N–H and O–H groups in total. The first kappa shape index (κ1) is 18.1. The molecule has 0 bridgehead atoms. The summed E-state index contributed by atoms with van der Waals surface area (Å²) in [5.41, 5.74) is 0.223. The highest BCUT2D eigenvalue weighted by Gasteiger charge is 2.16. The molecule has 0 spiro atoms. The predicted molar refractivity (Wildman–Crippen MR) is 92.9 cm³/mol. The largest absolute Gasteiger partial charge is 0.348 e. The van der Waals surface area contributed by atoms with Crippen molar-refractivity contribution in [1.82, 2.24) is 25.2 Å². The molecule has 0 saturated carbocycles. The van der Waals surface area contributed by atoms with Gasteiger partial charge in [-0.3, -0.25) is 9.59 Å². The highest BCUT2D eigenvalue weighted by atomic mass is 32.1. The van der Waals surface area contributed by atoms with Gasteiger partial charge in [0.2, 0.25) is 5.91 Å². The quantitative estimate of drug-likeness (QED) is 0.784. The van der Waals surface area contributed by atoms with Crippen LogP contribution in [0.15, 0.2) is 23.7 Å². The molecule has 0 unspecified atom stereocenters. The number of hydrogen-bond donors (Lipinski definition) is 1. The molecule has 24 heavy (non-hydrogen) atoms. The molecule has 0 aromatic carbocycles. The Morgan fingerprint density at radius 3 is 2.75 bits per heavy atom. The van der Waals surface area contributed by atoms with E-state index in [2.05, 4.69) is 15.6 Å². The van der Waals surface area contributed by atoms with Crippen LogP contribution in [-0.2, 0) is 17.8 Å². The van der Waals surface area contributed by atoms with Crippen molar-refractivity contribution in [2.45, 2.75) is 39.8 Å². The van der Waals surface area contributed by atoms with Crippen LogP contribution < -0.4 is 5.32 Å². The number of nitrogens with zero attached hydrogens (tertiary/aromatic N) is 4. The molecule has 2 heterocycles. The van der Waals surface area contributed by atoms with Gasteiger partial charge in [0, 0.05) is 30.4 Å². The highest BCUT2D eigenvalue weighted by Crippen LogP contribution is 2.11. The van der Waals surface area contributed by atoms with E-state index < -0.39 is 0 Å². The van der Waals surface area contributed by atoms with Crippen molar-refractivity contribution < 1.29 is 9.59 Å². The van der Waals surface area contributed by atoms with Crippen LogP contribution in [0.1, 0.15) is 36.1 Å². The minimum atomic E-state index is -0.277. The Balaban J connectivity index is 1.89. The lowest BCUT2D eigenvalue weighted by Crippen LogP contribution is -2.34. The average molecular weight is 349 g/mol. The van der Waals surface area contributed by atoms with E-state index in [1.54, 1.807) is 16.2 Å². The normalized spacial score (nSPS) is 12.0. The zero-order chi connectivity index (χ0) is 17.5. The van der Waals surface area contributed by atoms with Gasteiger partial charge in [0.05, 0.1) is 6.20 Å². The monoisotopic (exact) mass is 349 g/mol. The molecule has 7 nitrogen and oxygen atoms in total. The Bertz CT molecular complexity index is 664. The summed E-state index contributed by atoms with van der Waals surface area (Å²) in [6.45, 7) is 7.20. The predicted octanol–water partition coefficient (Wildman–Crippen LogP) is 1.57. The Labute approximate surface area is 145 Å². The van der Waals surface area contributed by atoms with Crippen LogP contribution in [0.25, 0.3) is 0 Å². The fraction of sp³-hybridized carbons (Fsp3) is 0.500. The molecule has 0 aliphatic carbocycles. The van der Waals surface area contributed by atoms with Crippen molar-refractivity contribution in [3.05, 3.63) is 34.3 Å². The number of thiophene rings is 1. The second kappa shape index (κ2) is 8.58. The number of carbonyl (C=O) groups is 2. The molecule has 1 atom stereocenters. The van der Waals surface area contributed by atoms with Crippen LogP contribution in [0.4, 0.5) is 0 Å². The summed E-state index contributed by atoms with van der Waals surface area (Å²) in [5.74, 6) is -0.316. The maximum Gasteiger partial charge on any atom is 0.273 e. The summed E-state index contributed by atoms with van der Waals surface area (Å²) in [6.07, 6.45) is 2.28. The van der Waals surface area contributed by atoms with Gasteiger partial charge in [-0.05, 0) is 32.2 Å². The van der Waals surface area contributed by atoms with Crippen molar-refractivity contribution in [2.75, 3.05) is 13.1 Å². The van der Waals surface area contributed by atoms with Gasteiger partial charge in [-0.25, -0.2) is 4.68 Å². The zero-order valence-corrected chi connectivity index (χ0v) is 15.0. The zero-order valence-electron chi connectivity index (χ0n) is 14.2. The molecule has 0 aliphatic rings. The van der Waals surface area contributed by atoms with Crippen LogP contribution in [0.2, 0.25) is 0 Å². The Morgan fingerprint density at radius 2 is 2.12 bits per heavy atom. The molecule has 2 amide bonds. The molecule has 2 rings (SSSR count). The first-order chi connectivity index (χ1) is 11.5. The lowest BCUT2D eigenvalue weighted by molar-refractivity contribution is -0.131. The van der Waals surface area contributed by atoms with E-state index in [4.69, 9.17) is 0 Å². The number of likely N-dealkylation sites (N-methyl/N-ethyl adjacent to an activating group) is 1. The number of amides is 2. The molecule has 2 aromatic heterocycles. The third-order valence-corrected chi connectivity index (χ3v) is 4.55. The number of aromatic nitrogens is 3. The standard InChI is InChI=1S/C16H23N5O2S/c1-4-20(5-2)15(22)11-21-10-14(18-19-21)16(23)17-12(3)9-13-7-6-8-24-13/h6-8,10,12H,4-5,9,11H2,1-3H3,(H,17,23)/t12-/m0/s1. The van der Waals surface area contributed by atoms with Crippen LogP contribution in [0, 0.1) is 0 Å². The number of carbonyl (C=O) groups excluding carboxylic acids is 2. The van der Waals surface area contributed by atoms with Gasteiger partial charge in [0.15, 0.2) is 5.69 Å². The Hall–Kier alpha value is -2.22. The van der Waals surface area contributed by atoms with E-state index in [0.717, 1.165) is 6.42 Å². The van der Waals surface area contributed by atoms with E-state index >= 15 is 0 Å². The summed E-state index contributed by atoms with van der Waals surface area (Å²) in [7, 11) is 0. The minimum Gasteiger partial charge on any atom is -0.348 e. The molecule has 0 aliphatic heterocycles. The minimum absolute atomic E-state index is 0.00129. The molecule has 2 aromatic rings. The van der Waals surface area contributed by atoms with E-state index in [1.807, 2.05) is 38.3 Å². The fourth-order valence-corrected chi connectivity index (χ4v) is 3.21. The van der Waals surface area contributed by atoms with Gasteiger partial charge in [-0.2, -0.15) is 0 Å². The van der Waals surface area contributed by atoms with Crippen molar-refractivity contribution in [3.63, 3.8) is 0 Å². The second-order valence-corrected chi connectivity index (χ2v) is 6.56. The molecule has 8 heteroatoms. The van der Waals surface area contributed by atoms with Crippen LogP contribution in [0.3, 0.4) is 0 Å². The van der Waals surface area contributed by atoms with Gasteiger partial charge in [0.1, 0.15) is 6.54 Å². The van der Waals surface area contributed by atoms with Crippen LogP contribution >= 0.6 is 11.3 Å². The van der Waals surface area contributed by atoms with Gasteiger partial charge in [0.25, 0.3) is 5.91 Å². The van der Waals surface area contributed by atoms with E-state index in [9.17, 15) is 9.59 Å². The number of nitrogens with one attached hydrogen (secondary N) is 1. The van der Waals surface area contributed by atoms with Gasteiger partial charge >= 0.3 is 0 Å². The smallest absolute Gasteiger partial charge is 0.273 e. The Kier molecular flexibility index (Phi) is 6.48.